The molecule has 0 bridgehead atoms. The molecule has 1 fully saturated rings. The van der Waals surface area contributed by atoms with Crippen LogP contribution in [0.2, 0.25) is 0 Å². The highest BCUT2D eigenvalue weighted by molar-refractivity contribution is 7.99. The first-order valence-electron chi connectivity index (χ1n) is 5.61. The zero-order chi connectivity index (χ0) is 9.52. The van der Waals surface area contributed by atoms with Crippen molar-refractivity contribution in [1.29, 1.82) is 0 Å². The molecule has 1 nitrogen and oxygen atoms in total. The number of hydrogen-bond acceptors (Lipinski definition) is 2. The lowest BCUT2D eigenvalue weighted by Crippen LogP contribution is -2.31. The Balaban J connectivity index is 2.11. The van der Waals surface area contributed by atoms with Crippen LogP contribution in [-0.4, -0.2) is 24.6 Å². The first-order chi connectivity index (χ1) is 6.36. The number of nitrogens with one attached hydrogen (secondary N) is 1. The third kappa shape index (κ3) is 4.37. The molecule has 1 rings (SSSR count). The lowest BCUT2D eigenvalue weighted by atomic mass is 9.84. The lowest BCUT2D eigenvalue weighted by Gasteiger charge is -2.28. The van der Waals surface area contributed by atoms with Gasteiger partial charge in [-0.2, -0.15) is 11.8 Å². The van der Waals surface area contributed by atoms with Crippen molar-refractivity contribution < 1.29 is 0 Å². The minimum atomic E-state index is 0.811. The summed E-state index contributed by atoms with van der Waals surface area (Å²) in [4.78, 5) is 0. The summed E-state index contributed by atoms with van der Waals surface area (Å²) < 4.78 is 0. The lowest BCUT2D eigenvalue weighted by molar-refractivity contribution is 0.291. The van der Waals surface area contributed by atoms with E-state index in [4.69, 9.17) is 0 Å². The van der Waals surface area contributed by atoms with Gasteiger partial charge in [-0.15, -0.1) is 0 Å². The Kier molecular flexibility index (Phi) is 5.88. The molecular formula is C11H23NS. The minimum Gasteiger partial charge on any atom is -0.317 e. The second-order valence-electron chi connectivity index (χ2n) is 4.00. The van der Waals surface area contributed by atoms with E-state index < -0.39 is 0 Å². The molecular weight excluding hydrogens is 178 g/mol. The molecule has 78 valence electrons. The van der Waals surface area contributed by atoms with Crippen molar-refractivity contribution in [1.82, 2.24) is 5.32 Å². The zero-order valence-electron chi connectivity index (χ0n) is 9.01. The Morgan fingerprint density at radius 2 is 2.23 bits per heavy atom. The molecule has 1 saturated carbocycles. The Hall–Kier alpha value is 0.310. The topological polar surface area (TPSA) is 12.0 Å². The predicted octanol–water partition coefficient (Wildman–Crippen LogP) is 2.91. The van der Waals surface area contributed by atoms with E-state index in [0.29, 0.717) is 0 Å². The van der Waals surface area contributed by atoms with Crippen LogP contribution >= 0.6 is 11.8 Å². The molecule has 1 aliphatic rings. The van der Waals surface area contributed by atoms with Crippen molar-refractivity contribution in [2.24, 2.45) is 5.92 Å². The molecule has 1 aliphatic carbocycles. The molecule has 0 aromatic carbocycles. The van der Waals surface area contributed by atoms with Gasteiger partial charge < -0.3 is 5.32 Å². The summed E-state index contributed by atoms with van der Waals surface area (Å²) in [6.45, 7) is 2.25. The van der Waals surface area contributed by atoms with E-state index in [-0.39, 0.29) is 0 Å². The Labute approximate surface area is 87.1 Å². The summed E-state index contributed by atoms with van der Waals surface area (Å²) in [5.74, 6) is 3.66. The molecule has 0 aromatic heterocycles. The Bertz CT molecular complexity index is 127. The van der Waals surface area contributed by atoms with E-state index in [1.807, 2.05) is 0 Å². The molecule has 0 spiro atoms. The van der Waals surface area contributed by atoms with Crippen molar-refractivity contribution in [2.75, 3.05) is 18.6 Å². The van der Waals surface area contributed by atoms with Gasteiger partial charge in [0.25, 0.3) is 0 Å². The fraction of sp³-hybridized carbons (Fsp3) is 1.00. The largest absolute Gasteiger partial charge is 0.317 e. The van der Waals surface area contributed by atoms with Gasteiger partial charge in [0.05, 0.1) is 0 Å². The van der Waals surface area contributed by atoms with Crippen LogP contribution in [0.5, 0.6) is 0 Å². The van der Waals surface area contributed by atoms with E-state index >= 15 is 0 Å². The highest BCUT2D eigenvalue weighted by Crippen LogP contribution is 2.27. The molecule has 2 atom stereocenters. The van der Waals surface area contributed by atoms with Crippen LogP contribution in [0.1, 0.15) is 39.0 Å². The zero-order valence-corrected chi connectivity index (χ0v) is 9.83. The van der Waals surface area contributed by atoms with Crippen LogP contribution in [-0.2, 0) is 0 Å². The van der Waals surface area contributed by atoms with Gasteiger partial charge in [0.1, 0.15) is 0 Å². The second-order valence-corrected chi connectivity index (χ2v) is 5.40. The van der Waals surface area contributed by atoms with Crippen molar-refractivity contribution in [2.45, 2.75) is 45.1 Å². The average molecular weight is 201 g/mol. The van der Waals surface area contributed by atoms with Crippen molar-refractivity contribution in [3.8, 4) is 0 Å². The monoisotopic (exact) mass is 201 g/mol. The highest BCUT2D eigenvalue weighted by atomic mass is 32.2. The van der Waals surface area contributed by atoms with Crippen LogP contribution in [0.15, 0.2) is 0 Å². The molecule has 0 saturated heterocycles. The number of hydrogen-bond donors (Lipinski definition) is 1. The van der Waals surface area contributed by atoms with Gasteiger partial charge in [-0.05, 0) is 43.7 Å². The number of rotatable bonds is 5. The molecule has 2 heteroatoms. The first-order valence-corrected chi connectivity index (χ1v) is 6.77. The van der Waals surface area contributed by atoms with E-state index in [2.05, 4.69) is 31.1 Å². The van der Waals surface area contributed by atoms with E-state index in [9.17, 15) is 0 Å². The van der Waals surface area contributed by atoms with E-state index in [1.165, 1.54) is 43.6 Å². The van der Waals surface area contributed by atoms with Crippen LogP contribution in [0, 0.1) is 5.92 Å². The fourth-order valence-electron chi connectivity index (χ4n) is 2.21. The summed E-state index contributed by atoms with van der Waals surface area (Å²) >= 11 is 2.09. The molecule has 0 radical (unpaired) electrons. The quantitative estimate of drug-likeness (QED) is 0.686. The van der Waals surface area contributed by atoms with Gasteiger partial charge in [-0.1, -0.05) is 19.8 Å². The van der Waals surface area contributed by atoms with Gasteiger partial charge in [0, 0.05) is 6.04 Å². The van der Waals surface area contributed by atoms with Crippen LogP contribution in [0.4, 0.5) is 0 Å². The van der Waals surface area contributed by atoms with Crippen LogP contribution in [0.3, 0.4) is 0 Å². The molecule has 0 aliphatic heterocycles. The van der Waals surface area contributed by atoms with Gasteiger partial charge >= 0.3 is 0 Å². The Morgan fingerprint density at radius 1 is 1.38 bits per heavy atom. The fourth-order valence-corrected chi connectivity index (χ4v) is 3.00. The summed E-state index contributed by atoms with van der Waals surface area (Å²) in [7, 11) is 2.10. The van der Waals surface area contributed by atoms with Gasteiger partial charge in [-0.3, -0.25) is 0 Å². The smallest absolute Gasteiger partial charge is 0.00667 e. The average Bonchev–Trinajstić information content (AvgIpc) is 2.19. The maximum absolute atomic E-state index is 3.42. The summed E-state index contributed by atoms with van der Waals surface area (Å²) in [6.07, 6.45) is 7.17. The molecule has 2 unspecified atom stereocenters. The third-order valence-corrected chi connectivity index (χ3v) is 4.00. The molecule has 0 heterocycles. The summed E-state index contributed by atoms with van der Waals surface area (Å²) in [5, 5.41) is 3.42. The summed E-state index contributed by atoms with van der Waals surface area (Å²) in [5.41, 5.74) is 0. The van der Waals surface area contributed by atoms with Gasteiger partial charge in [0.15, 0.2) is 0 Å². The number of thioether (sulfide) groups is 1. The molecule has 13 heavy (non-hydrogen) atoms. The van der Waals surface area contributed by atoms with Crippen LogP contribution < -0.4 is 5.32 Å². The maximum atomic E-state index is 3.42. The SMILES string of the molecule is CCSCCC1CCCC(NC)C1. The second kappa shape index (κ2) is 6.72. The van der Waals surface area contributed by atoms with E-state index in [1.54, 1.807) is 0 Å². The molecule has 0 aromatic rings. The van der Waals surface area contributed by atoms with Gasteiger partial charge in [-0.25, -0.2) is 0 Å². The maximum Gasteiger partial charge on any atom is 0.00667 e. The van der Waals surface area contributed by atoms with Crippen molar-refractivity contribution >= 4 is 11.8 Å². The standard InChI is InChI=1S/C11H23NS/c1-3-13-8-7-10-5-4-6-11(9-10)12-2/h10-12H,3-9H2,1-2H3. The normalized spacial score (nSPS) is 29.1. The van der Waals surface area contributed by atoms with Gasteiger partial charge in [0.2, 0.25) is 0 Å². The highest BCUT2D eigenvalue weighted by Gasteiger charge is 2.19. The first kappa shape index (κ1) is 11.4. The van der Waals surface area contributed by atoms with Crippen molar-refractivity contribution in [3.63, 3.8) is 0 Å². The Morgan fingerprint density at radius 3 is 2.92 bits per heavy atom. The predicted molar refractivity (Wildman–Crippen MR) is 62.4 cm³/mol. The van der Waals surface area contributed by atoms with Crippen molar-refractivity contribution in [3.05, 3.63) is 0 Å². The molecule has 0 amide bonds. The third-order valence-electron chi connectivity index (χ3n) is 3.07. The molecule has 1 N–H and O–H groups in total. The van der Waals surface area contributed by atoms with E-state index in [0.717, 1.165) is 12.0 Å². The minimum absolute atomic E-state index is 0.811. The van der Waals surface area contributed by atoms with Crippen LogP contribution in [0.25, 0.3) is 0 Å². The summed E-state index contributed by atoms with van der Waals surface area (Å²) in [6, 6.07) is 0.811.